The first kappa shape index (κ1) is 17.9. The van der Waals surface area contributed by atoms with E-state index in [-0.39, 0.29) is 30.0 Å². The van der Waals surface area contributed by atoms with Crippen molar-refractivity contribution in [1.29, 1.82) is 0 Å². The van der Waals surface area contributed by atoms with Crippen LogP contribution in [0.2, 0.25) is 0 Å². The van der Waals surface area contributed by atoms with Gasteiger partial charge in [-0.15, -0.1) is 0 Å². The van der Waals surface area contributed by atoms with Crippen LogP contribution in [0, 0.1) is 11.7 Å². The molecule has 2 saturated heterocycles. The number of hydrogen-bond donors (Lipinski definition) is 0. The van der Waals surface area contributed by atoms with E-state index in [0.717, 1.165) is 25.9 Å². The topological polar surface area (TPSA) is 49.9 Å². The van der Waals surface area contributed by atoms with Crippen LogP contribution in [0.3, 0.4) is 0 Å². The molecule has 2 fully saturated rings. The van der Waals surface area contributed by atoms with Crippen molar-refractivity contribution in [2.24, 2.45) is 5.92 Å². The fraction of sp³-hybridized carbons (Fsp3) is 0.579. The summed E-state index contributed by atoms with van der Waals surface area (Å²) in [6, 6.07) is 6.15. The standard InChI is InChI=1S/C19H25FN2O3/c20-17-6-1-4-15(12-17)13-18(23)21-7-3-8-22(10-9-21)19(24)16-5-2-11-25-14-16/h1,4,6,12,16H,2-3,5,7-11,13-14H2/t16-/m1/s1. The molecular formula is C19H25FN2O3. The Morgan fingerprint density at radius 2 is 1.92 bits per heavy atom. The molecule has 2 aliphatic heterocycles. The largest absolute Gasteiger partial charge is 0.381 e. The first-order valence-electron chi connectivity index (χ1n) is 9.02. The van der Waals surface area contributed by atoms with Crippen molar-refractivity contribution in [3.8, 4) is 0 Å². The Labute approximate surface area is 147 Å². The van der Waals surface area contributed by atoms with Gasteiger partial charge in [0.15, 0.2) is 0 Å². The van der Waals surface area contributed by atoms with Gasteiger partial charge >= 0.3 is 0 Å². The second-order valence-corrected chi connectivity index (χ2v) is 6.78. The minimum atomic E-state index is -0.326. The van der Waals surface area contributed by atoms with E-state index in [2.05, 4.69) is 0 Å². The SMILES string of the molecule is O=C(Cc1cccc(F)c1)N1CCCN(C(=O)[C@@H]2CCCOC2)CC1. The number of benzene rings is 1. The van der Waals surface area contributed by atoms with Crippen LogP contribution >= 0.6 is 0 Å². The van der Waals surface area contributed by atoms with E-state index in [1.54, 1.807) is 17.0 Å². The third kappa shape index (κ3) is 4.78. The molecule has 5 nitrogen and oxygen atoms in total. The molecule has 0 radical (unpaired) electrons. The first-order chi connectivity index (χ1) is 12.1. The summed E-state index contributed by atoms with van der Waals surface area (Å²) in [6.45, 7) is 3.67. The highest BCUT2D eigenvalue weighted by molar-refractivity contribution is 5.80. The smallest absolute Gasteiger partial charge is 0.228 e. The molecule has 0 unspecified atom stereocenters. The summed E-state index contributed by atoms with van der Waals surface area (Å²) in [5.74, 6) is -0.226. The van der Waals surface area contributed by atoms with Crippen LogP contribution in [0.1, 0.15) is 24.8 Å². The lowest BCUT2D eigenvalue weighted by Gasteiger charge is -2.28. The molecule has 1 atom stereocenters. The Hall–Kier alpha value is -1.95. The van der Waals surface area contributed by atoms with E-state index in [4.69, 9.17) is 4.74 Å². The molecule has 6 heteroatoms. The zero-order valence-electron chi connectivity index (χ0n) is 14.5. The zero-order chi connectivity index (χ0) is 17.6. The predicted octanol–water partition coefficient (Wildman–Crippen LogP) is 1.86. The Balaban J connectivity index is 1.53. The second-order valence-electron chi connectivity index (χ2n) is 6.78. The molecule has 2 aliphatic rings. The number of carbonyl (C=O) groups is 2. The second kappa shape index (κ2) is 8.43. The molecule has 2 amide bonds. The monoisotopic (exact) mass is 348 g/mol. The van der Waals surface area contributed by atoms with Gasteiger partial charge in [-0.2, -0.15) is 0 Å². The van der Waals surface area contributed by atoms with Crippen molar-refractivity contribution >= 4 is 11.8 Å². The fourth-order valence-corrected chi connectivity index (χ4v) is 3.51. The Morgan fingerprint density at radius 1 is 1.12 bits per heavy atom. The number of halogens is 1. The van der Waals surface area contributed by atoms with E-state index in [1.807, 2.05) is 4.90 Å². The average molecular weight is 348 g/mol. The maximum atomic E-state index is 13.3. The van der Waals surface area contributed by atoms with Gasteiger partial charge in [0.05, 0.1) is 18.9 Å². The highest BCUT2D eigenvalue weighted by Gasteiger charge is 2.28. The normalized spacial score (nSPS) is 21.7. The Morgan fingerprint density at radius 3 is 2.68 bits per heavy atom. The molecule has 0 aliphatic carbocycles. The highest BCUT2D eigenvalue weighted by Crippen LogP contribution is 2.18. The van der Waals surface area contributed by atoms with Crippen LogP contribution in [0.25, 0.3) is 0 Å². The molecule has 0 saturated carbocycles. The van der Waals surface area contributed by atoms with Gasteiger partial charge in [-0.3, -0.25) is 9.59 Å². The molecule has 0 spiro atoms. The third-order valence-corrected chi connectivity index (χ3v) is 4.91. The lowest BCUT2D eigenvalue weighted by atomic mass is 10.0. The maximum absolute atomic E-state index is 13.3. The molecule has 3 rings (SSSR count). The quantitative estimate of drug-likeness (QED) is 0.838. The number of amides is 2. The van der Waals surface area contributed by atoms with Crippen LogP contribution in [0.4, 0.5) is 4.39 Å². The van der Waals surface area contributed by atoms with Crippen molar-refractivity contribution in [2.45, 2.75) is 25.7 Å². The van der Waals surface area contributed by atoms with Crippen molar-refractivity contribution < 1.29 is 18.7 Å². The number of ether oxygens (including phenoxy) is 1. The molecule has 1 aromatic carbocycles. The van der Waals surface area contributed by atoms with Crippen molar-refractivity contribution in [3.63, 3.8) is 0 Å². The van der Waals surface area contributed by atoms with Gasteiger partial charge in [-0.25, -0.2) is 4.39 Å². The summed E-state index contributed by atoms with van der Waals surface area (Å²) in [7, 11) is 0. The van der Waals surface area contributed by atoms with E-state index in [9.17, 15) is 14.0 Å². The Bertz CT molecular complexity index is 616. The summed E-state index contributed by atoms with van der Waals surface area (Å²) in [4.78, 5) is 28.8. The van der Waals surface area contributed by atoms with Gasteiger partial charge in [0.2, 0.25) is 11.8 Å². The van der Waals surface area contributed by atoms with Crippen LogP contribution in [0.5, 0.6) is 0 Å². The van der Waals surface area contributed by atoms with Crippen LogP contribution in [0.15, 0.2) is 24.3 Å². The minimum Gasteiger partial charge on any atom is -0.381 e. The minimum absolute atomic E-state index is 0.0131. The van der Waals surface area contributed by atoms with Crippen LogP contribution in [-0.2, 0) is 20.7 Å². The van der Waals surface area contributed by atoms with Gasteiger partial charge in [0.1, 0.15) is 5.82 Å². The molecule has 0 N–H and O–H groups in total. The van der Waals surface area contributed by atoms with E-state index in [1.165, 1.54) is 12.1 Å². The molecular weight excluding hydrogens is 323 g/mol. The van der Waals surface area contributed by atoms with E-state index >= 15 is 0 Å². The summed E-state index contributed by atoms with van der Waals surface area (Å²) < 4.78 is 18.7. The molecule has 1 aromatic rings. The van der Waals surface area contributed by atoms with Crippen LogP contribution < -0.4 is 0 Å². The predicted molar refractivity (Wildman–Crippen MR) is 91.4 cm³/mol. The lowest BCUT2D eigenvalue weighted by Crippen LogP contribution is -2.42. The molecule has 25 heavy (non-hydrogen) atoms. The van der Waals surface area contributed by atoms with Crippen molar-refractivity contribution in [3.05, 3.63) is 35.6 Å². The van der Waals surface area contributed by atoms with Gasteiger partial charge in [0, 0.05) is 32.8 Å². The maximum Gasteiger partial charge on any atom is 0.228 e. The van der Waals surface area contributed by atoms with Gasteiger partial charge in [-0.1, -0.05) is 12.1 Å². The molecule has 0 bridgehead atoms. The summed E-state index contributed by atoms with van der Waals surface area (Å²) in [5, 5.41) is 0. The van der Waals surface area contributed by atoms with E-state index in [0.29, 0.717) is 38.3 Å². The molecule has 2 heterocycles. The number of rotatable bonds is 3. The van der Waals surface area contributed by atoms with Gasteiger partial charge in [0.25, 0.3) is 0 Å². The lowest BCUT2D eigenvalue weighted by molar-refractivity contribution is -0.140. The van der Waals surface area contributed by atoms with Crippen molar-refractivity contribution in [1.82, 2.24) is 9.80 Å². The third-order valence-electron chi connectivity index (χ3n) is 4.91. The van der Waals surface area contributed by atoms with Crippen LogP contribution in [-0.4, -0.2) is 61.0 Å². The fourth-order valence-electron chi connectivity index (χ4n) is 3.51. The molecule has 0 aromatic heterocycles. The zero-order valence-corrected chi connectivity index (χ0v) is 14.5. The van der Waals surface area contributed by atoms with E-state index < -0.39 is 0 Å². The summed E-state index contributed by atoms with van der Waals surface area (Å²) >= 11 is 0. The number of carbonyl (C=O) groups excluding carboxylic acids is 2. The van der Waals surface area contributed by atoms with Gasteiger partial charge < -0.3 is 14.5 Å². The highest BCUT2D eigenvalue weighted by atomic mass is 19.1. The summed E-state index contributed by atoms with van der Waals surface area (Å²) in [6.07, 6.45) is 2.79. The number of hydrogen-bond acceptors (Lipinski definition) is 3. The number of nitrogens with zero attached hydrogens (tertiary/aromatic N) is 2. The summed E-state index contributed by atoms with van der Waals surface area (Å²) in [5.41, 5.74) is 0.682. The van der Waals surface area contributed by atoms with Gasteiger partial charge in [-0.05, 0) is 37.0 Å². The average Bonchev–Trinajstić information content (AvgIpc) is 2.88. The Kier molecular flexibility index (Phi) is 6.02. The van der Waals surface area contributed by atoms with Crippen molar-refractivity contribution in [2.75, 3.05) is 39.4 Å². The molecule has 136 valence electrons. The first-order valence-corrected chi connectivity index (χ1v) is 9.02.